The minimum absolute atomic E-state index is 0.0740. The molecule has 1 N–H and O–H groups in total. The van der Waals surface area contributed by atoms with Crippen LogP contribution < -0.4 is 10.1 Å². The molecule has 0 radical (unpaired) electrons. The van der Waals surface area contributed by atoms with Crippen molar-refractivity contribution >= 4 is 29.8 Å². The predicted octanol–water partition coefficient (Wildman–Crippen LogP) is 4.32. The molecule has 1 aliphatic rings. The molecular weight excluding hydrogens is 522 g/mol. The number of ether oxygens (including phenoxy) is 1. The highest BCUT2D eigenvalue weighted by Crippen LogP contribution is 2.27. The summed E-state index contributed by atoms with van der Waals surface area (Å²) in [5.74, 6) is -1.74. The summed E-state index contributed by atoms with van der Waals surface area (Å²) in [4.78, 5) is 53.1. The van der Waals surface area contributed by atoms with Gasteiger partial charge in [-0.2, -0.15) is 5.26 Å². The average Bonchev–Trinajstić information content (AvgIpc) is 3.61. The molecule has 0 spiro atoms. The molecule has 202 valence electrons. The van der Waals surface area contributed by atoms with E-state index in [0.717, 1.165) is 10.5 Å². The van der Waals surface area contributed by atoms with Crippen LogP contribution in [0.3, 0.4) is 0 Å². The van der Waals surface area contributed by atoms with Crippen LogP contribution in [0.15, 0.2) is 107 Å². The summed E-state index contributed by atoms with van der Waals surface area (Å²) in [6, 6.07) is 25.7. The number of nitrogens with zero attached hydrogens (tertiary/aromatic N) is 2. The molecule has 0 saturated heterocycles. The van der Waals surface area contributed by atoms with Gasteiger partial charge in [0.1, 0.15) is 29.2 Å². The van der Waals surface area contributed by atoms with Gasteiger partial charge in [-0.05, 0) is 53.6 Å². The average molecular weight is 546 g/mol. The van der Waals surface area contributed by atoms with Crippen LogP contribution in [0.1, 0.15) is 37.6 Å². The minimum atomic E-state index is -1.20. The number of nitriles is 1. The molecule has 2 heterocycles. The number of imide groups is 1. The van der Waals surface area contributed by atoms with Crippen LogP contribution >= 0.6 is 0 Å². The monoisotopic (exact) mass is 545 g/mol. The third kappa shape index (κ3) is 5.97. The van der Waals surface area contributed by atoms with Crippen molar-refractivity contribution in [1.29, 1.82) is 5.26 Å². The van der Waals surface area contributed by atoms with E-state index in [9.17, 15) is 24.4 Å². The normalized spacial score (nSPS) is 13.3. The van der Waals surface area contributed by atoms with E-state index in [0.29, 0.717) is 11.3 Å². The van der Waals surface area contributed by atoms with E-state index in [4.69, 9.17) is 9.15 Å². The lowest BCUT2D eigenvalue weighted by Gasteiger charge is -2.24. The molecule has 1 aliphatic heterocycles. The fourth-order valence-electron chi connectivity index (χ4n) is 4.42. The van der Waals surface area contributed by atoms with Crippen molar-refractivity contribution in [3.8, 4) is 11.8 Å². The van der Waals surface area contributed by atoms with Gasteiger partial charge < -0.3 is 14.5 Å². The van der Waals surface area contributed by atoms with E-state index in [1.165, 1.54) is 24.5 Å². The summed E-state index contributed by atoms with van der Waals surface area (Å²) in [6.45, 7) is 0.136. The first-order chi connectivity index (χ1) is 19.9. The first-order valence-electron chi connectivity index (χ1n) is 12.7. The van der Waals surface area contributed by atoms with Crippen LogP contribution in [-0.4, -0.2) is 34.6 Å². The Morgan fingerprint density at radius 2 is 1.56 bits per heavy atom. The maximum atomic E-state index is 13.4. The second-order valence-corrected chi connectivity index (χ2v) is 9.15. The number of benzene rings is 3. The van der Waals surface area contributed by atoms with E-state index >= 15 is 0 Å². The number of esters is 1. The fraction of sp³-hybridized carbons (Fsp3) is 0.0938. The number of carbonyl (C=O) groups is 4. The molecule has 9 heteroatoms. The van der Waals surface area contributed by atoms with Crippen LogP contribution in [0.4, 0.5) is 0 Å². The lowest BCUT2D eigenvalue weighted by Crippen LogP contribution is -2.48. The number of hydrogen-bond acceptors (Lipinski definition) is 7. The molecular formula is C32H23N3O6. The van der Waals surface area contributed by atoms with E-state index in [-0.39, 0.29) is 35.4 Å². The molecule has 0 fully saturated rings. The Morgan fingerprint density at radius 1 is 0.902 bits per heavy atom. The largest absolute Gasteiger partial charge is 0.467 e. The minimum Gasteiger partial charge on any atom is -0.467 e. The standard InChI is InChI=1S/C32H23N3O6/c33-19-23(29(36)34-20-25-9-6-16-40-25)17-22-12-14-24(15-13-22)41-32(39)28(18-21-7-2-1-3-8-21)35-30(37)26-10-4-5-11-27(26)31(35)38/h1-17,28H,18,20H2,(H,34,36)/b23-17+. The van der Waals surface area contributed by atoms with Gasteiger partial charge in [-0.15, -0.1) is 0 Å². The Morgan fingerprint density at radius 3 is 2.17 bits per heavy atom. The molecule has 9 nitrogen and oxygen atoms in total. The van der Waals surface area contributed by atoms with Gasteiger partial charge in [0.2, 0.25) is 0 Å². The highest BCUT2D eigenvalue weighted by molar-refractivity contribution is 6.22. The summed E-state index contributed by atoms with van der Waals surface area (Å²) in [7, 11) is 0. The van der Waals surface area contributed by atoms with Gasteiger partial charge in [0.15, 0.2) is 0 Å². The first kappa shape index (κ1) is 26.8. The molecule has 0 aliphatic carbocycles. The molecule has 0 bridgehead atoms. The van der Waals surface area contributed by atoms with Crippen molar-refractivity contribution in [2.75, 3.05) is 0 Å². The maximum Gasteiger partial charge on any atom is 0.335 e. The van der Waals surface area contributed by atoms with Crippen LogP contribution in [0, 0.1) is 11.3 Å². The number of rotatable bonds is 9. The second-order valence-electron chi connectivity index (χ2n) is 9.15. The molecule has 1 atom stereocenters. The highest BCUT2D eigenvalue weighted by Gasteiger charge is 2.43. The number of furan rings is 1. The summed E-state index contributed by atoms with van der Waals surface area (Å²) in [6.07, 6.45) is 2.96. The molecule has 4 aromatic rings. The van der Waals surface area contributed by atoms with Gasteiger partial charge in [-0.1, -0.05) is 54.6 Å². The molecule has 41 heavy (non-hydrogen) atoms. The number of fused-ring (bicyclic) bond motifs is 1. The molecule has 3 aromatic carbocycles. The van der Waals surface area contributed by atoms with Gasteiger partial charge in [0, 0.05) is 6.42 Å². The Labute approximate surface area is 235 Å². The summed E-state index contributed by atoms with van der Waals surface area (Å²) < 4.78 is 10.8. The Bertz CT molecular complexity index is 1630. The summed E-state index contributed by atoms with van der Waals surface area (Å²) >= 11 is 0. The maximum absolute atomic E-state index is 13.4. The van der Waals surface area contributed by atoms with Crippen LogP contribution in [0.5, 0.6) is 5.75 Å². The van der Waals surface area contributed by atoms with Gasteiger partial charge in [-0.25, -0.2) is 4.79 Å². The summed E-state index contributed by atoms with van der Waals surface area (Å²) in [5.41, 5.74) is 1.63. The number of amides is 3. The zero-order valence-electron chi connectivity index (χ0n) is 21.7. The molecule has 0 saturated carbocycles. The summed E-state index contributed by atoms with van der Waals surface area (Å²) in [5, 5.41) is 12.1. The zero-order chi connectivity index (χ0) is 28.8. The Hall–Kier alpha value is -5.75. The first-order valence-corrected chi connectivity index (χ1v) is 12.7. The lowest BCUT2D eigenvalue weighted by molar-refractivity contribution is -0.138. The molecule has 1 aromatic heterocycles. The number of carbonyl (C=O) groups excluding carboxylic acids is 4. The molecule has 1 unspecified atom stereocenters. The van der Waals surface area contributed by atoms with E-state index < -0.39 is 29.7 Å². The van der Waals surface area contributed by atoms with E-state index in [1.807, 2.05) is 12.1 Å². The molecule has 3 amide bonds. The SMILES string of the molecule is N#C/C(=C\c1ccc(OC(=O)C(Cc2ccccc2)N2C(=O)c3ccccc3C2=O)cc1)C(=O)NCc1ccco1. The third-order valence-electron chi connectivity index (χ3n) is 6.46. The molecule has 5 rings (SSSR count). The van der Waals surface area contributed by atoms with Gasteiger partial charge in [0.05, 0.1) is 23.9 Å². The van der Waals surface area contributed by atoms with Gasteiger partial charge in [0.25, 0.3) is 17.7 Å². The topological polar surface area (TPSA) is 130 Å². The van der Waals surface area contributed by atoms with Crippen molar-refractivity contribution in [3.05, 3.63) is 131 Å². The van der Waals surface area contributed by atoms with Crippen molar-refractivity contribution in [2.45, 2.75) is 19.0 Å². The van der Waals surface area contributed by atoms with Crippen molar-refractivity contribution in [1.82, 2.24) is 10.2 Å². The van der Waals surface area contributed by atoms with E-state index in [2.05, 4.69) is 5.32 Å². The second kappa shape index (κ2) is 12.0. The van der Waals surface area contributed by atoms with Gasteiger partial charge >= 0.3 is 5.97 Å². The van der Waals surface area contributed by atoms with Gasteiger partial charge in [-0.3, -0.25) is 19.3 Å². The predicted molar refractivity (Wildman–Crippen MR) is 147 cm³/mol. The van der Waals surface area contributed by atoms with Crippen molar-refractivity contribution in [2.24, 2.45) is 0 Å². The third-order valence-corrected chi connectivity index (χ3v) is 6.46. The smallest absolute Gasteiger partial charge is 0.335 e. The number of nitrogens with one attached hydrogen (secondary N) is 1. The van der Waals surface area contributed by atoms with E-state index in [1.54, 1.807) is 72.8 Å². The van der Waals surface area contributed by atoms with Crippen molar-refractivity contribution in [3.63, 3.8) is 0 Å². The van der Waals surface area contributed by atoms with Crippen LogP contribution in [-0.2, 0) is 22.6 Å². The quantitative estimate of drug-likeness (QED) is 0.109. The zero-order valence-corrected chi connectivity index (χ0v) is 21.7. The lowest BCUT2D eigenvalue weighted by atomic mass is 10.0. The van der Waals surface area contributed by atoms with Crippen LogP contribution in [0.25, 0.3) is 6.08 Å². The van der Waals surface area contributed by atoms with Crippen molar-refractivity contribution < 1.29 is 28.3 Å². The fourth-order valence-corrected chi connectivity index (χ4v) is 4.42. The Kier molecular flexibility index (Phi) is 7.83. The Balaban J connectivity index is 1.32. The number of hydrogen-bond donors (Lipinski definition) is 1. The van der Waals surface area contributed by atoms with Crippen LogP contribution in [0.2, 0.25) is 0 Å². The highest BCUT2D eigenvalue weighted by atomic mass is 16.5.